The van der Waals surface area contributed by atoms with Crippen LogP contribution in [0.15, 0.2) is 42.7 Å². The number of aromatic nitrogens is 1. The zero-order chi connectivity index (χ0) is 19.0. The first-order valence-electron chi connectivity index (χ1n) is 9.97. The predicted molar refractivity (Wildman–Crippen MR) is 102 cm³/mol. The summed E-state index contributed by atoms with van der Waals surface area (Å²) < 4.78 is 29.9. The Morgan fingerprint density at radius 3 is 3.04 bits per heavy atom. The van der Waals surface area contributed by atoms with Gasteiger partial charge in [0, 0.05) is 24.7 Å². The number of pyridine rings is 1. The van der Waals surface area contributed by atoms with Gasteiger partial charge in [0.25, 0.3) is 5.79 Å². The Labute approximate surface area is 164 Å². The van der Waals surface area contributed by atoms with E-state index in [1.54, 1.807) is 13.4 Å². The number of methoxy groups -OCH3 is 1. The van der Waals surface area contributed by atoms with Gasteiger partial charge in [0.05, 0.1) is 24.3 Å². The second kappa shape index (κ2) is 7.44. The summed E-state index contributed by atoms with van der Waals surface area (Å²) in [6, 6.07) is 10.1. The van der Waals surface area contributed by atoms with Crippen molar-refractivity contribution in [2.45, 2.75) is 44.1 Å². The molecule has 0 radical (unpaired) electrons. The fourth-order valence-electron chi connectivity index (χ4n) is 4.28. The van der Waals surface area contributed by atoms with Crippen LogP contribution in [-0.2, 0) is 29.5 Å². The lowest BCUT2D eigenvalue weighted by Gasteiger charge is -2.38. The van der Waals surface area contributed by atoms with E-state index in [9.17, 15) is 0 Å². The van der Waals surface area contributed by atoms with Crippen molar-refractivity contribution in [1.29, 1.82) is 0 Å². The minimum atomic E-state index is -1.01. The maximum Gasteiger partial charge on any atom is 0.261 e. The molecule has 1 aromatic heterocycles. The molecule has 1 spiro atoms. The highest BCUT2D eigenvalue weighted by atomic mass is 16.8. The van der Waals surface area contributed by atoms with E-state index in [1.165, 1.54) is 0 Å². The number of hydrogen-bond donors (Lipinski definition) is 0. The molecule has 2 aromatic rings. The summed E-state index contributed by atoms with van der Waals surface area (Å²) in [6.07, 6.45) is 6.97. The molecule has 1 fully saturated rings. The molecule has 0 bridgehead atoms. The third-order valence-corrected chi connectivity index (χ3v) is 5.75. The van der Waals surface area contributed by atoms with E-state index >= 15 is 0 Å². The van der Waals surface area contributed by atoms with Crippen LogP contribution in [0.2, 0.25) is 0 Å². The molecule has 1 aromatic carbocycles. The molecule has 3 aliphatic heterocycles. The van der Waals surface area contributed by atoms with Crippen LogP contribution in [0.25, 0.3) is 10.9 Å². The first-order valence-corrected chi connectivity index (χ1v) is 9.97. The van der Waals surface area contributed by atoms with Crippen LogP contribution in [0.3, 0.4) is 0 Å². The molecule has 5 rings (SSSR count). The SMILES string of the molecule is CO[C@H]1O[C@]2(OC=CC[C@@H]2COC2CCCCO2)c2nc3ccccc3cc21. The molecular weight excluding hydrogens is 358 g/mol. The molecule has 0 saturated carbocycles. The van der Waals surface area contributed by atoms with Gasteiger partial charge in [-0.2, -0.15) is 0 Å². The minimum absolute atomic E-state index is 0.0458. The number of benzene rings is 1. The molecule has 148 valence electrons. The summed E-state index contributed by atoms with van der Waals surface area (Å²) in [4.78, 5) is 4.93. The second-order valence-electron chi connectivity index (χ2n) is 7.52. The lowest BCUT2D eigenvalue weighted by atomic mass is 9.90. The predicted octanol–water partition coefficient (Wildman–Crippen LogP) is 4.16. The number of para-hydroxylation sites is 1. The minimum Gasteiger partial charge on any atom is -0.464 e. The van der Waals surface area contributed by atoms with Crippen molar-refractivity contribution >= 4 is 10.9 Å². The van der Waals surface area contributed by atoms with Crippen molar-refractivity contribution in [3.63, 3.8) is 0 Å². The fraction of sp³-hybridized carbons (Fsp3) is 0.500. The van der Waals surface area contributed by atoms with Crippen LogP contribution in [0.5, 0.6) is 0 Å². The van der Waals surface area contributed by atoms with Gasteiger partial charge in [-0.3, -0.25) is 0 Å². The maximum absolute atomic E-state index is 6.35. The third kappa shape index (κ3) is 3.01. The lowest BCUT2D eigenvalue weighted by Crippen LogP contribution is -2.42. The lowest BCUT2D eigenvalue weighted by molar-refractivity contribution is -0.317. The van der Waals surface area contributed by atoms with Gasteiger partial charge in [0.15, 0.2) is 12.6 Å². The van der Waals surface area contributed by atoms with E-state index in [0.29, 0.717) is 6.61 Å². The highest BCUT2D eigenvalue weighted by molar-refractivity contribution is 5.79. The van der Waals surface area contributed by atoms with Crippen molar-refractivity contribution in [2.75, 3.05) is 20.3 Å². The van der Waals surface area contributed by atoms with Gasteiger partial charge in [-0.1, -0.05) is 18.2 Å². The van der Waals surface area contributed by atoms with Crippen LogP contribution >= 0.6 is 0 Å². The summed E-state index contributed by atoms with van der Waals surface area (Å²) >= 11 is 0. The molecule has 3 aliphatic rings. The van der Waals surface area contributed by atoms with Crippen LogP contribution in [0.4, 0.5) is 0 Å². The topological polar surface area (TPSA) is 59.0 Å². The normalized spacial score (nSPS) is 31.8. The number of hydrogen-bond acceptors (Lipinski definition) is 6. The maximum atomic E-state index is 6.35. The van der Waals surface area contributed by atoms with Crippen molar-refractivity contribution < 1.29 is 23.7 Å². The average Bonchev–Trinajstić information content (AvgIpc) is 3.05. The van der Waals surface area contributed by atoms with E-state index in [2.05, 4.69) is 6.07 Å². The van der Waals surface area contributed by atoms with Gasteiger partial charge in [-0.25, -0.2) is 4.98 Å². The Balaban J connectivity index is 1.50. The monoisotopic (exact) mass is 383 g/mol. The average molecular weight is 383 g/mol. The molecule has 4 atom stereocenters. The number of nitrogens with zero attached hydrogens (tertiary/aromatic N) is 1. The number of allylic oxidation sites excluding steroid dienone is 1. The second-order valence-corrected chi connectivity index (χ2v) is 7.52. The number of fused-ring (bicyclic) bond motifs is 3. The van der Waals surface area contributed by atoms with Crippen LogP contribution in [0, 0.1) is 5.92 Å². The Morgan fingerprint density at radius 1 is 1.25 bits per heavy atom. The van der Waals surface area contributed by atoms with Gasteiger partial charge in [-0.15, -0.1) is 0 Å². The molecule has 6 nitrogen and oxygen atoms in total. The smallest absolute Gasteiger partial charge is 0.261 e. The Bertz CT molecular complexity index is 878. The standard InChI is InChI=1S/C22H25NO5/c1-24-21-17-13-15-7-2-3-9-18(15)23-20(17)22(28-21)16(8-6-12-27-22)14-26-19-10-4-5-11-25-19/h2-3,6-7,9,12-13,16,19,21H,4-5,8,10-11,14H2,1H3/t16-,19?,21+,22+/m1/s1. The number of ether oxygens (including phenoxy) is 5. The Morgan fingerprint density at radius 2 is 2.18 bits per heavy atom. The van der Waals surface area contributed by atoms with Crippen LogP contribution in [0.1, 0.15) is 43.2 Å². The molecule has 0 N–H and O–H groups in total. The Hall–Kier alpha value is -1.99. The molecule has 1 unspecified atom stereocenters. The number of rotatable bonds is 4. The summed E-state index contributed by atoms with van der Waals surface area (Å²) in [5.41, 5.74) is 2.60. The highest BCUT2D eigenvalue weighted by Gasteiger charge is 2.55. The highest BCUT2D eigenvalue weighted by Crippen LogP contribution is 2.51. The van der Waals surface area contributed by atoms with Gasteiger partial charge < -0.3 is 23.7 Å². The van der Waals surface area contributed by atoms with Crippen molar-refractivity contribution in [1.82, 2.24) is 4.98 Å². The largest absolute Gasteiger partial charge is 0.464 e. The third-order valence-electron chi connectivity index (χ3n) is 5.75. The Kier molecular flexibility index (Phi) is 4.80. The first kappa shape index (κ1) is 18.1. The van der Waals surface area contributed by atoms with Crippen molar-refractivity contribution in [3.05, 3.63) is 53.9 Å². The van der Waals surface area contributed by atoms with E-state index in [4.69, 9.17) is 28.7 Å². The molecule has 1 saturated heterocycles. The van der Waals surface area contributed by atoms with E-state index in [0.717, 1.165) is 54.5 Å². The summed E-state index contributed by atoms with van der Waals surface area (Å²) in [6.45, 7) is 1.23. The molecule has 6 heteroatoms. The summed E-state index contributed by atoms with van der Waals surface area (Å²) in [5, 5.41) is 1.05. The van der Waals surface area contributed by atoms with Crippen LogP contribution in [-0.4, -0.2) is 31.6 Å². The molecule has 0 aliphatic carbocycles. The zero-order valence-corrected chi connectivity index (χ0v) is 16.0. The summed E-state index contributed by atoms with van der Waals surface area (Å²) in [5.74, 6) is -1.06. The van der Waals surface area contributed by atoms with E-state index in [-0.39, 0.29) is 12.2 Å². The van der Waals surface area contributed by atoms with E-state index < -0.39 is 12.1 Å². The first-order chi connectivity index (χ1) is 13.8. The van der Waals surface area contributed by atoms with E-state index in [1.807, 2.05) is 30.3 Å². The zero-order valence-electron chi connectivity index (χ0n) is 16.0. The van der Waals surface area contributed by atoms with Gasteiger partial charge in [0.1, 0.15) is 5.69 Å². The van der Waals surface area contributed by atoms with Crippen LogP contribution < -0.4 is 0 Å². The van der Waals surface area contributed by atoms with Crippen molar-refractivity contribution in [3.8, 4) is 0 Å². The molecule has 28 heavy (non-hydrogen) atoms. The molecule has 4 heterocycles. The van der Waals surface area contributed by atoms with Gasteiger partial charge in [-0.05, 0) is 43.9 Å². The van der Waals surface area contributed by atoms with Crippen molar-refractivity contribution in [2.24, 2.45) is 5.92 Å². The summed E-state index contributed by atoms with van der Waals surface area (Å²) in [7, 11) is 1.64. The van der Waals surface area contributed by atoms with Gasteiger partial charge >= 0.3 is 0 Å². The quantitative estimate of drug-likeness (QED) is 0.790. The fourth-order valence-corrected chi connectivity index (χ4v) is 4.28. The molecule has 0 amide bonds. The molecular formula is C22H25NO5. The van der Waals surface area contributed by atoms with Gasteiger partial charge in [0.2, 0.25) is 0 Å².